The largest absolute Gasteiger partial charge is 0.493 e. The van der Waals surface area contributed by atoms with E-state index < -0.39 is 0 Å². The quantitative estimate of drug-likeness (QED) is 0.888. The van der Waals surface area contributed by atoms with Gasteiger partial charge in [-0.05, 0) is 11.1 Å². The van der Waals surface area contributed by atoms with E-state index in [1.807, 2.05) is 24.3 Å². The van der Waals surface area contributed by atoms with Gasteiger partial charge < -0.3 is 24.8 Å². The van der Waals surface area contributed by atoms with Gasteiger partial charge in [-0.1, -0.05) is 24.3 Å². The molecular formula is C18H22N2O3. The second-order valence-electron chi connectivity index (χ2n) is 5.55. The Morgan fingerprint density at radius 2 is 1.70 bits per heavy atom. The van der Waals surface area contributed by atoms with E-state index in [4.69, 9.17) is 14.6 Å². The molecule has 3 rings (SSSR count). The highest BCUT2D eigenvalue weighted by atomic mass is 16.5. The van der Waals surface area contributed by atoms with Crippen molar-refractivity contribution in [3.63, 3.8) is 0 Å². The predicted octanol–water partition coefficient (Wildman–Crippen LogP) is 2.63. The van der Waals surface area contributed by atoms with E-state index in [-0.39, 0.29) is 6.61 Å². The molecule has 5 heteroatoms. The van der Waals surface area contributed by atoms with Crippen molar-refractivity contribution in [1.29, 1.82) is 0 Å². The van der Waals surface area contributed by atoms with Gasteiger partial charge in [0.1, 0.15) is 0 Å². The zero-order chi connectivity index (χ0) is 16.2. The van der Waals surface area contributed by atoms with E-state index in [9.17, 15) is 0 Å². The second kappa shape index (κ2) is 6.79. The van der Waals surface area contributed by atoms with Gasteiger partial charge in [-0.3, -0.25) is 0 Å². The third kappa shape index (κ3) is 3.19. The Kier molecular flexibility index (Phi) is 4.57. The van der Waals surface area contributed by atoms with Crippen LogP contribution in [0.25, 0.3) is 0 Å². The lowest BCUT2D eigenvalue weighted by molar-refractivity contribution is 0.282. The Labute approximate surface area is 136 Å². The van der Waals surface area contributed by atoms with Crippen LogP contribution < -0.4 is 19.7 Å². The number of hydrogen-bond donors (Lipinski definition) is 2. The van der Waals surface area contributed by atoms with Crippen LogP contribution in [0.15, 0.2) is 36.4 Å². The fourth-order valence-corrected chi connectivity index (χ4v) is 2.85. The average molecular weight is 314 g/mol. The summed E-state index contributed by atoms with van der Waals surface area (Å²) in [6.45, 7) is 2.70. The monoisotopic (exact) mass is 314 g/mol. The maximum atomic E-state index is 9.14. The molecule has 23 heavy (non-hydrogen) atoms. The van der Waals surface area contributed by atoms with Crippen molar-refractivity contribution in [1.82, 2.24) is 0 Å². The molecule has 2 aromatic rings. The SMILES string of the molecule is COc1cc2c(cc1OC)N(Cc1ccc(CO)cc1)CCN2. The molecule has 0 atom stereocenters. The summed E-state index contributed by atoms with van der Waals surface area (Å²) >= 11 is 0. The summed E-state index contributed by atoms with van der Waals surface area (Å²) in [6.07, 6.45) is 0. The van der Waals surface area contributed by atoms with Gasteiger partial charge in [0.05, 0.1) is 32.2 Å². The van der Waals surface area contributed by atoms with Gasteiger partial charge in [-0.2, -0.15) is 0 Å². The molecule has 5 nitrogen and oxygen atoms in total. The van der Waals surface area contributed by atoms with Crippen molar-refractivity contribution in [2.75, 3.05) is 37.5 Å². The molecule has 0 unspecified atom stereocenters. The van der Waals surface area contributed by atoms with Crippen molar-refractivity contribution >= 4 is 11.4 Å². The topological polar surface area (TPSA) is 54.0 Å². The highest BCUT2D eigenvalue weighted by Crippen LogP contribution is 2.40. The fourth-order valence-electron chi connectivity index (χ4n) is 2.85. The number of anilines is 2. The third-order valence-corrected chi connectivity index (χ3v) is 4.12. The minimum atomic E-state index is 0.0771. The first kappa shape index (κ1) is 15.5. The van der Waals surface area contributed by atoms with Gasteiger partial charge in [0.15, 0.2) is 11.5 Å². The summed E-state index contributed by atoms with van der Waals surface area (Å²) < 4.78 is 10.8. The van der Waals surface area contributed by atoms with Gasteiger partial charge >= 0.3 is 0 Å². The summed E-state index contributed by atoms with van der Waals surface area (Å²) in [5, 5.41) is 12.6. The minimum absolute atomic E-state index is 0.0771. The molecule has 0 aromatic heterocycles. The summed E-state index contributed by atoms with van der Waals surface area (Å²) in [6, 6.07) is 12.1. The third-order valence-electron chi connectivity index (χ3n) is 4.12. The Morgan fingerprint density at radius 3 is 2.35 bits per heavy atom. The predicted molar refractivity (Wildman–Crippen MR) is 91.5 cm³/mol. The summed E-state index contributed by atoms with van der Waals surface area (Å²) in [5.41, 5.74) is 4.31. The molecule has 1 heterocycles. The first-order valence-corrected chi connectivity index (χ1v) is 7.68. The Morgan fingerprint density at radius 1 is 1.04 bits per heavy atom. The maximum Gasteiger partial charge on any atom is 0.162 e. The number of benzene rings is 2. The Bertz CT molecular complexity index is 671. The van der Waals surface area contributed by atoms with Crippen LogP contribution in [0.4, 0.5) is 11.4 Å². The highest BCUT2D eigenvalue weighted by Gasteiger charge is 2.20. The van der Waals surface area contributed by atoms with Crippen LogP contribution in [0.2, 0.25) is 0 Å². The van der Waals surface area contributed by atoms with Crippen molar-refractivity contribution in [2.24, 2.45) is 0 Å². The molecule has 0 bridgehead atoms. The Balaban J connectivity index is 1.88. The van der Waals surface area contributed by atoms with Crippen LogP contribution in [0.1, 0.15) is 11.1 Å². The van der Waals surface area contributed by atoms with Crippen LogP contribution in [-0.2, 0) is 13.2 Å². The molecule has 2 N–H and O–H groups in total. The van der Waals surface area contributed by atoms with Gasteiger partial charge in [0, 0.05) is 31.8 Å². The van der Waals surface area contributed by atoms with Gasteiger partial charge in [0.2, 0.25) is 0 Å². The second-order valence-corrected chi connectivity index (χ2v) is 5.55. The molecular weight excluding hydrogens is 292 g/mol. The normalized spacial score (nSPS) is 13.3. The van der Waals surface area contributed by atoms with Crippen molar-refractivity contribution in [3.8, 4) is 11.5 Å². The number of nitrogens with one attached hydrogen (secondary N) is 1. The van der Waals surface area contributed by atoms with Crippen LogP contribution >= 0.6 is 0 Å². The number of aliphatic hydroxyl groups is 1. The van der Waals surface area contributed by atoms with E-state index in [2.05, 4.69) is 22.3 Å². The number of ether oxygens (including phenoxy) is 2. The molecule has 1 aliphatic rings. The molecule has 0 fully saturated rings. The van der Waals surface area contributed by atoms with Crippen LogP contribution in [-0.4, -0.2) is 32.4 Å². The molecule has 0 radical (unpaired) electrons. The number of methoxy groups -OCH3 is 2. The first-order chi connectivity index (χ1) is 11.2. The van der Waals surface area contributed by atoms with Gasteiger partial charge in [0.25, 0.3) is 0 Å². The summed E-state index contributed by atoms with van der Waals surface area (Å²) in [5.74, 6) is 1.46. The molecule has 0 saturated heterocycles. The number of nitrogens with zero attached hydrogens (tertiary/aromatic N) is 1. The lowest BCUT2D eigenvalue weighted by Gasteiger charge is -2.33. The van der Waals surface area contributed by atoms with E-state index >= 15 is 0 Å². The molecule has 0 aliphatic carbocycles. The molecule has 0 saturated carbocycles. The number of rotatable bonds is 5. The first-order valence-electron chi connectivity index (χ1n) is 7.68. The molecule has 122 valence electrons. The zero-order valence-electron chi connectivity index (χ0n) is 13.5. The lowest BCUT2D eigenvalue weighted by atomic mass is 10.1. The fraction of sp³-hybridized carbons (Fsp3) is 0.333. The minimum Gasteiger partial charge on any atom is -0.493 e. The molecule has 1 aliphatic heterocycles. The molecule has 2 aromatic carbocycles. The van der Waals surface area contributed by atoms with E-state index in [0.717, 1.165) is 48.1 Å². The van der Waals surface area contributed by atoms with Crippen molar-refractivity contribution < 1.29 is 14.6 Å². The number of fused-ring (bicyclic) bond motifs is 1. The average Bonchev–Trinajstić information content (AvgIpc) is 2.61. The van der Waals surface area contributed by atoms with E-state index in [1.165, 1.54) is 5.56 Å². The van der Waals surface area contributed by atoms with E-state index in [0.29, 0.717) is 0 Å². The maximum absolute atomic E-state index is 9.14. The molecule has 0 amide bonds. The van der Waals surface area contributed by atoms with Crippen molar-refractivity contribution in [3.05, 3.63) is 47.5 Å². The highest BCUT2D eigenvalue weighted by molar-refractivity contribution is 5.76. The van der Waals surface area contributed by atoms with Crippen LogP contribution in [0.3, 0.4) is 0 Å². The smallest absolute Gasteiger partial charge is 0.162 e. The van der Waals surface area contributed by atoms with Crippen molar-refractivity contribution in [2.45, 2.75) is 13.2 Å². The lowest BCUT2D eigenvalue weighted by Crippen LogP contribution is -2.33. The van der Waals surface area contributed by atoms with Gasteiger partial charge in [-0.25, -0.2) is 0 Å². The van der Waals surface area contributed by atoms with Crippen LogP contribution in [0, 0.1) is 0 Å². The van der Waals surface area contributed by atoms with E-state index in [1.54, 1.807) is 14.2 Å². The Hall–Kier alpha value is -2.40. The molecule has 0 spiro atoms. The van der Waals surface area contributed by atoms with Gasteiger partial charge in [-0.15, -0.1) is 0 Å². The zero-order valence-corrected chi connectivity index (χ0v) is 13.5. The standard InChI is InChI=1S/C18H22N2O3/c1-22-17-9-15-16(10-18(17)23-2)20(8-7-19-15)11-13-3-5-14(12-21)6-4-13/h3-6,9-10,19,21H,7-8,11-12H2,1-2H3. The summed E-state index contributed by atoms with van der Waals surface area (Å²) in [4.78, 5) is 2.32. The summed E-state index contributed by atoms with van der Waals surface area (Å²) in [7, 11) is 3.30. The number of hydrogen-bond acceptors (Lipinski definition) is 5. The number of aliphatic hydroxyl groups excluding tert-OH is 1. The van der Waals surface area contributed by atoms with Crippen LogP contribution in [0.5, 0.6) is 11.5 Å².